The second-order valence-corrected chi connectivity index (χ2v) is 6.73. The Balaban J connectivity index is 0.000000411. The van der Waals surface area contributed by atoms with Gasteiger partial charge in [0.05, 0.1) is 0 Å². The monoisotopic (exact) mass is 379 g/mol. The van der Waals surface area contributed by atoms with Crippen LogP contribution in [0.25, 0.3) is 0 Å². The molecule has 0 radical (unpaired) electrons. The van der Waals surface area contributed by atoms with Crippen molar-refractivity contribution in [2.75, 3.05) is 23.4 Å². The summed E-state index contributed by atoms with van der Waals surface area (Å²) in [6.07, 6.45) is 12.0. The summed E-state index contributed by atoms with van der Waals surface area (Å²) >= 11 is 0. The van der Waals surface area contributed by atoms with Crippen molar-refractivity contribution in [2.45, 2.75) is 53.9 Å². The van der Waals surface area contributed by atoms with E-state index in [1.807, 2.05) is 39.0 Å². The standard InChI is InChI=1S/C17H23N3.C6H8.C2H6/c1-5-13-6-7-14(18)9-17(13)20(4)16-10-15(19)11(2)8-12(16)3;1-2-4-6-5-3-1;1-2/h6-10H,5,18-19H2,1-4H3;1-4H,5-6H2;1-2H3. The first-order chi connectivity index (χ1) is 13.4. The minimum atomic E-state index is 0.779. The van der Waals surface area contributed by atoms with Crippen LogP contribution >= 0.6 is 0 Å². The van der Waals surface area contributed by atoms with Gasteiger partial charge in [-0.15, -0.1) is 0 Å². The first-order valence-electron chi connectivity index (χ1n) is 10.2. The summed E-state index contributed by atoms with van der Waals surface area (Å²) in [6, 6.07) is 10.2. The van der Waals surface area contributed by atoms with E-state index in [2.05, 4.69) is 62.2 Å². The fourth-order valence-corrected chi connectivity index (χ4v) is 3.08. The Labute approximate surface area is 171 Å². The molecule has 3 heteroatoms. The molecule has 0 heterocycles. The number of aryl methyl sites for hydroxylation is 3. The van der Waals surface area contributed by atoms with Crippen LogP contribution in [0.15, 0.2) is 54.6 Å². The third kappa shape index (κ3) is 6.49. The van der Waals surface area contributed by atoms with E-state index in [1.54, 1.807) is 0 Å². The number of rotatable bonds is 3. The molecule has 0 aromatic heterocycles. The van der Waals surface area contributed by atoms with Crippen LogP contribution in [-0.2, 0) is 6.42 Å². The number of nitrogens with two attached hydrogens (primary N) is 2. The van der Waals surface area contributed by atoms with Gasteiger partial charge in [-0.3, -0.25) is 0 Å². The summed E-state index contributed by atoms with van der Waals surface area (Å²) in [4.78, 5) is 2.17. The van der Waals surface area contributed by atoms with Crippen LogP contribution in [-0.4, -0.2) is 7.05 Å². The van der Waals surface area contributed by atoms with Gasteiger partial charge in [0.2, 0.25) is 0 Å². The SMILES string of the molecule is C1=CCCC=C1.CC.CCc1ccc(N)cc1N(C)c1cc(N)c(C)cc1C. The smallest absolute Gasteiger partial charge is 0.0461 e. The van der Waals surface area contributed by atoms with Crippen LogP contribution in [0, 0.1) is 13.8 Å². The Hall–Kier alpha value is -2.68. The zero-order valence-corrected chi connectivity index (χ0v) is 18.4. The predicted octanol–water partition coefficient (Wildman–Crippen LogP) is 6.72. The van der Waals surface area contributed by atoms with Gasteiger partial charge in [-0.25, -0.2) is 0 Å². The molecule has 152 valence electrons. The fraction of sp³-hybridized carbons (Fsp3) is 0.360. The molecule has 0 atom stereocenters. The van der Waals surface area contributed by atoms with Crippen LogP contribution in [0.3, 0.4) is 0 Å². The molecule has 2 aromatic carbocycles. The number of allylic oxidation sites excluding steroid dienone is 4. The summed E-state index contributed by atoms with van der Waals surface area (Å²) in [5.41, 5.74) is 19.5. The topological polar surface area (TPSA) is 55.3 Å². The molecule has 0 spiro atoms. The lowest BCUT2D eigenvalue weighted by Gasteiger charge is -2.25. The van der Waals surface area contributed by atoms with Crippen molar-refractivity contribution in [2.24, 2.45) is 0 Å². The van der Waals surface area contributed by atoms with Crippen molar-refractivity contribution in [3.05, 3.63) is 71.3 Å². The molecule has 3 nitrogen and oxygen atoms in total. The normalized spacial score (nSPS) is 11.8. The van der Waals surface area contributed by atoms with Gasteiger partial charge in [0, 0.05) is 29.8 Å². The van der Waals surface area contributed by atoms with Crippen LogP contribution in [0.2, 0.25) is 0 Å². The average molecular weight is 380 g/mol. The van der Waals surface area contributed by atoms with Crippen LogP contribution < -0.4 is 16.4 Å². The highest BCUT2D eigenvalue weighted by Gasteiger charge is 2.12. The van der Waals surface area contributed by atoms with Gasteiger partial charge in [0.1, 0.15) is 0 Å². The molecular formula is C25H37N3. The lowest BCUT2D eigenvalue weighted by atomic mass is 10.0. The molecule has 28 heavy (non-hydrogen) atoms. The quantitative estimate of drug-likeness (QED) is 0.582. The second-order valence-electron chi connectivity index (χ2n) is 6.73. The van der Waals surface area contributed by atoms with Crippen molar-refractivity contribution in [3.8, 4) is 0 Å². The van der Waals surface area contributed by atoms with E-state index in [-0.39, 0.29) is 0 Å². The summed E-state index contributed by atoms with van der Waals surface area (Å²) in [5.74, 6) is 0. The zero-order valence-electron chi connectivity index (χ0n) is 18.4. The minimum Gasteiger partial charge on any atom is -0.399 e. The summed E-state index contributed by atoms with van der Waals surface area (Å²) in [5, 5.41) is 0. The molecule has 4 N–H and O–H groups in total. The molecule has 1 aliphatic rings. The van der Waals surface area contributed by atoms with Crippen molar-refractivity contribution < 1.29 is 0 Å². The summed E-state index contributed by atoms with van der Waals surface area (Å²) < 4.78 is 0. The van der Waals surface area contributed by atoms with Crippen LogP contribution in [0.4, 0.5) is 22.7 Å². The van der Waals surface area contributed by atoms with Gasteiger partial charge in [0.15, 0.2) is 0 Å². The maximum atomic E-state index is 6.05. The average Bonchev–Trinajstić information content (AvgIpc) is 2.73. The van der Waals surface area contributed by atoms with Crippen molar-refractivity contribution in [1.82, 2.24) is 0 Å². The van der Waals surface area contributed by atoms with Gasteiger partial charge in [-0.05, 0) is 68.0 Å². The lowest BCUT2D eigenvalue weighted by Crippen LogP contribution is -2.14. The molecule has 0 aliphatic heterocycles. The van der Waals surface area contributed by atoms with E-state index in [0.29, 0.717) is 0 Å². The molecule has 1 aliphatic carbocycles. The van der Waals surface area contributed by atoms with E-state index in [9.17, 15) is 0 Å². The molecule has 3 rings (SSSR count). The fourth-order valence-electron chi connectivity index (χ4n) is 3.08. The van der Waals surface area contributed by atoms with Crippen LogP contribution in [0.1, 0.15) is 50.3 Å². The highest BCUT2D eigenvalue weighted by Crippen LogP contribution is 2.33. The Bertz CT molecular complexity index is 792. The van der Waals surface area contributed by atoms with Gasteiger partial charge in [-0.2, -0.15) is 0 Å². The number of hydrogen-bond donors (Lipinski definition) is 2. The minimum absolute atomic E-state index is 0.779. The van der Waals surface area contributed by atoms with E-state index in [1.165, 1.54) is 24.0 Å². The Morgan fingerprint density at radius 3 is 1.96 bits per heavy atom. The molecular weight excluding hydrogens is 342 g/mol. The third-order valence-electron chi connectivity index (χ3n) is 4.68. The van der Waals surface area contributed by atoms with E-state index in [4.69, 9.17) is 11.5 Å². The van der Waals surface area contributed by atoms with E-state index in [0.717, 1.165) is 34.7 Å². The number of anilines is 4. The summed E-state index contributed by atoms with van der Waals surface area (Å²) in [6.45, 7) is 10.3. The maximum absolute atomic E-state index is 6.05. The number of nitrogens with zero attached hydrogens (tertiary/aromatic N) is 1. The largest absolute Gasteiger partial charge is 0.399 e. The summed E-state index contributed by atoms with van der Waals surface area (Å²) in [7, 11) is 2.06. The van der Waals surface area contributed by atoms with E-state index >= 15 is 0 Å². The van der Waals surface area contributed by atoms with Gasteiger partial charge < -0.3 is 16.4 Å². The van der Waals surface area contributed by atoms with Crippen molar-refractivity contribution >= 4 is 22.7 Å². The van der Waals surface area contributed by atoms with Gasteiger partial charge >= 0.3 is 0 Å². The van der Waals surface area contributed by atoms with Crippen LogP contribution in [0.5, 0.6) is 0 Å². The molecule has 0 fully saturated rings. The van der Waals surface area contributed by atoms with Gasteiger partial charge in [-0.1, -0.05) is 57.2 Å². The molecule has 0 saturated carbocycles. The Morgan fingerprint density at radius 2 is 1.46 bits per heavy atom. The number of nitrogen functional groups attached to an aromatic ring is 2. The number of hydrogen-bond acceptors (Lipinski definition) is 3. The molecule has 0 unspecified atom stereocenters. The Morgan fingerprint density at radius 1 is 0.857 bits per heavy atom. The molecule has 0 saturated heterocycles. The first kappa shape index (κ1) is 23.4. The zero-order chi connectivity index (χ0) is 21.1. The van der Waals surface area contributed by atoms with Crippen molar-refractivity contribution in [3.63, 3.8) is 0 Å². The molecule has 0 bridgehead atoms. The van der Waals surface area contributed by atoms with Gasteiger partial charge in [0.25, 0.3) is 0 Å². The Kier molecular flexibility index (Phi) is 9.94. The predicted molar refractivity (Wildman–Crippen MR) is 127 cm³/mol. The van der Waals surface area contributed by atoms with Crippen molar-refractivity contribution in [1.29, 1.82) is 0 Å². The highest BCUT2D eigenvalue weighted by atomic mass is 15.1. The third-order valence-corrected chi connectivity index (χ3v) is 4.68. The second kappa shape index (κ2) is 11.9. The molecule has 2 aromatic rings. The maximum Gasteiger partial charge on any atom is 0.0461 e. The molecule has 0 amide bonds. The number of benzene rings is 2. The lowest BCUT2D eigenvalue weighted by molar-refractivity contribution is 1.04. The highest BCUT2D eigenvalue weighted by molar-refractivity contribution is 5.74. The first-order valence-corrected chi connectivity index (χ1v) is 10.2. The van der Waals surface area contributed by atoms with E-state index < -0.39 is 0 Å².